The Morgan fingerprint density at radius 2 is 1.88 bits per heavy atom. The lowest BCUT2D eigenvalue weighted by molar-refractivity contribution is 0.244. The van der Waals surface area contributed by atoms with E-state index >= 15 is 0 Å². The molecule has 1 aromatic heterocycles. The van der Waals surface area contributed by atoms with Gasteiger partial charge >= 0.3 is 6.03 Å². The highest BCUT2D eigenvalue weighted by molar-refractivity contribution is 6.35. The summed E-state index contributed by atoms with van der Waals surface area (Å²) in [7, 11) is 0. The van der Waals surface area contributed by atoms with E-state index in [1.165, 1.54) is 19.3 Å². The fourth-order valence-corrected chi connectivity index (χ4v) is 3.21. The molecule has 0 spiro atoms. The van der Waals surface area contributed by atoms with Gasteiger partial charge in [-0.05, 0) is 43.2 Å². The number of hydrogen-bond acceptors (Lipinski definition) is 3. The maximum absolute atomic E-state index is 12.0. The van der Waals surface area contributed by atoms with Gasteiger partial charge in [-0.2, -0.15) is 0 Å². The normalized spacial score (nSPS) is 14.8. The van der Waals surface area contributed by atoms with E-state index in [4.69, 9.17) is 23.2 Å². The van der Waals surface area contributed by atoms with Crippen molar-refractivity contribution in [2.75, 3.05) is 10.6 Å². The molecule has 132 valence electrons. The van der Waals surface area contributed by atoms with Crippen LogP contribution in [0.5, 0.6) is 0 Å². The van der Waals surface area contributed by atoms with Gasteiger partial charge in [0.25, 0.3) is 0 Å². The molecule has 0 aliphatic heterocycles. The number of carbonyl (C=O) groups is 1. The summed E-state index contributed by atoms with van der Waals surface area (Å²) in [5, 5.41) is 10.1. The minimum Gasteiger partial charge on any atom is -0.339 e. The fourth-order valence-electron chi connectivity index (χ4n) is 2.87. The van der Waals surface area contributed by atoms with Gasteiger partial charge in [0.1, 0.15) is 5.82 Å². The van der Waals surface area contributed by atoms with Crippen LogP contribution in [0.2, 0.25) is 10.0 Å². The van der Waals surface area contributed by atoms with Crippen molar-refractivity contribution in [3.63, 3.8) is 0 Å². The summed E-state index contributed by atoms with van der Waals surface area (Å²) in [4.78, 5) is 16.3. The van der Waals surface area contributed by atoms with Crippen molar-refractivity contribution in [2.24, 2.45) is 0 Å². The number of rotatable bonds is 4. The second-order valence-electron chi connectivity index (χ2n) is 6.11. The Hall–Kier alpha value is -1.98. The Morgan fingerprint density at radius 3 is 2.60 bits per heavy atom. The third-order valence-corrected chi connectivity index (χ3v) is 4.72. The Bertz CT molecular complexity index is 730. The molecule has 7 heteroatoms. The number of nitrogens with one attached hydrogen (secondary N) is 3. The molecule has 1 aliphatic carbocycles. The molecule has 0 bridgehead atoms. The zero-order valence-electron chi connectivity index (χ0n) is 13.7. The van der Waals surface area contributed by atoms with Crippen LogP contribution in [0.3, 0.4) is 0 Å². The number of amides is 2. The van der Waals surface area contributed by atoms with Gasteiger partial charge in [-0.15, -0.1) is 0 Å². The Morgan fingerprint density at radius 1 is 1.08 bits per heavy atom. The molecule has 5 nitrogen and oxygen atoms in total. The standard InChI is InChI=1S/C18H20Cl2N4O/c19-12-6-8-15(20)16(10-12)24-17-9-7-14(11-21-17)23-18(25)22-13-4-2-1-3-5-13/h6-11,13H,1-5H2,(H,21,24)(H2,22,23,25). The Balaban J connectivity index is 1.56. The lowest BCUT2D eigenvalue weighted by Crippen LogP contribution is -2.39. The maximum atomic E-state index is 12.0. The van der Waals surface area contributed by atoms with Crippen molar-refractivity contribution in [2.45, 2.75) is 38.1 Å². The minimum absolute atomic E-state index is 0.188. The average Bonchev–Trinajstić information content (AvgIpc) is 2.61. The van der Waals surface area contributed by atoms with E-state index in [9.17, 15) is 4.79 Å². The summed E-state index contributed by atoms with van der Waals surface area (Å²) >= 11 is 12.1. The molecule has 1 aromatic carbocycles. The highest BCUT2D eigenvalue weighted by atomic mass is 35.5. The first-order chi connectivity index (χ1) is 12.1. The van der Waals surface area contributed by atoms with Crippen LogP contribution in [0.4, 0.5) is 22.0 Å². The van der Waals surface area contributed by atoms with Gasteiger partial charge < -0.3 is 16.0 Å². The molecule has 0 saturated heterocycles. The zero-order valence-corrected chi connectivity index (χ0v) is 15.2. The molecular formula is C18H20Cl2N4O. The molecule has 1 aliphatic rings. The quantitative estimate of drug-likeness (QED) is 0.649. The lowest BCUT2D eigenvalue weighted by Gasteiger charge is -2.22. The van der Waals surface area contributed by atoms with Crippen LogP contribution in [0.1, 0.15) is 32.1 Å². The summed E-state index contributed by atoms with van der Waals surface area (Å²) in [6.45, 7) is 0. The number of carbonyl (C=O) groups excluding carboxylic acids is 1. The van der Waals surface area contributed by atoms with E-state index in [1.54, 1.807) is 36.5 Å². The molecule has 0 unspecified atom stereocenters. The first-order valence-electron chi connectivity index (χ1n) is 8.36. The highest BCUT2D eigenvalue weighted by Crippen LogP contribution is 2.28. The van der Waals surface area contributed by atoms with Crippen molar-refractivity contribution in [1.82, 2.24) is 10.3 Å². The molecule has 0 radical (unpaired) electrons. The summed E-state index contributed by atoms with van der Waals surface area (Å²) in [5.74, 6) is 0.613. The Kier molecular flexibility index (Phi) is 6.00. The number of hydrogen-bond donors (Lipinski definition) is 3. The summed E-state index contributed by atoms with van der Waals surface area (Å²) in [6.07, 6.45) is 7.32. The molecular weight excluding hydrogens is 359 g/mol. The van der Waals surface area contributed by atoms with Crippen LogP contribution < -0.4 is 16.0 Å². The second-order valence-corrected chi connectivity index (χ2v) is 6.96. The number of benzene rings is 1. The van der Waals surface area contributed by atoms with Crippen molar-refractivity contribution < 1.29 is 4.79 Å². The van der Waals surface area contributed by atoms with Gasteiger partial charge in [0.15, 0.2) is 0 Å². The maximum Gasteiger partial charge on any atom is 0.319 e. The smallest absolute Gasteiger partial charge is 0.319 e. The number of anilines is 3. The van der Waals surface area contributed by atoms with E-state index < -0.39 is 0 Å². The SMILES string of the molecule is O=C(Nc1ccc(Nc2cc(Cl)ccc2Cl)nc1)NC1CCCCC1. The predicted octanol–water partition coefficient (Wildman–Crippen LogP) is 5.59. The number of aromatic nitrogens is 1. The minimum atomic E-state index is -0.188. The fraction of sp³-hybridized carbons (Fsp3) is 0.333. The molecule has 1 fully saturated rings. The summed E-state index contributed by atoms with van der Waals surface area (Å²) in [6, 6.07) is 8.81. The Labute approximate surface area is 157 Å². The van der Waals surface area contributed by atoms with Gasteiger partial charge in [0, 0.05) is 11.1 Å². The largest absolute Gasteiger partial charge is 0.339 e. The molecule has 3 rings (SSSR count). The molecule has 3 N–H and O–H groups in total. The number of nitrogens with zero attached hydrogens (tertiary/aromatic N) is 1. The van der Waals surface area contributed by atoms with Crippen LogP contribution >= 0.6 is 23.2 Å². The third kappa shape index (κ3) is 5.25. The van der Waals surface area contributed by atoms with Crippen LogP contribution in [0.15, 0.2) is 36.5 Å². The van der Waals surface area contributed by atoms with Crippen molar-refractivity contribution >= 4 is 46.4 Å². The third-order valence-electron chi connectivity index (χ3n) is 4.15. The molecule has 25 heavy (non-hydrogen) atoms. The number of urea groups is 1. The van der Waals surface area contributed by atoms with Crippen molar-refractivity contribution in [3.8, 4) is 0 Å². The molecule has 0 atom stereocenters. The molecule has 1 heterocycles. The van der Waals surface area contributed by atoms with E-state index in [-0.39, 0.29) is 12.1 Å². The first kappa shape index (κ1) is 17.8. The van der Waals surface area contributed by atoms with Crippen molar-refractivity contribution in [3.05, 3.63) is 46.6 Å². The van der Waals surface area contributed by atoms with Gasteiger partial charge in [0.2, 0.25) is 0 Å². The van der Waals surface area contributed by atoms with Gasteiger partial charge in [-0.1, -0.05) is 42.5 Å². The van der Waals surface area contributed by atoms with Gasteiger partial charge in [-0.25, -0.2) is 9.78 Å². The lowest BCUT2D eigenvalue weighted by atomic mass is 9.96. The van der Waals surface area contributed by atoms with E-state index in [2.05, 4.69) is 20.9 Å². The topological polar surface area (TPSA) is 66.0 Å². The summed E-state index contributed by atoms with van der Waals surface area (Å²) in [5.41, 5.74) is 1.31. The number of halogens is 2. The molecule has 2 aromatic rings. The van der Waals surface area contributed by atoms with Crippen LogP contribution in [-0.2, 0) is 0 Å². The van der Waals surface area contributed by atoms with Crippen LogP contribution in [0, 0.1) is 0 Å². The first-order valence-corrected chi connectivity index (χ1v) is 9.11. The molecule has 1 saturated carbocycles. The average molecular weight is 379 g/mol. The highest BCUT2D eigenvalue weighted by Gasteiger charge is 2.15. The van der Waals surface area contributed by atoms with Crippen LogP contribution in [0.25, 0.3) is 0 Å². The van der Waals surface area contributed by atoms with Crippen molar-refractivity contribution in [1.29, 1.82) is 0 Å². The van der Waals surface area contributed by atoms with E-state index in [0.717, 1.165) is 12.8 Å². The number of pyridine rings is 1. The molecule has 2 amide bonds. The van der Waals surface area contributed by atoms with Crippen LogP contribution in [-0.4, -0.2) is 17.1 Å². The summed E-state index contributed by atoms with van der Waals surface area (Å²) < 4.78 is 0. The second kappa shape index (κ2) is 8.41. The van der Waals surface area contributed by atoms with Gasteiger partial charge in [0.05, 0.1) is 22.6 Å². The monoisotopic (exact) mass is 378 g/mol. The van der Waals surface area contributed by atoms with E-state index in [0.29, 0.717) is 27.2 Å². The predicted molar refractivity (Wildman–Crippen MR) is 103 cm³/mol. The van der Waals surface area contributed by atoms with Gasteiger partial charge in [-0.3, -0.25) is 0 Å². The van der Waals surface area contributed by atoms with E-state index in [1.807, 2.05) is 0 Å². The zero-order chi connectivity index (χ0) is 17.6.